The Bertz CT molecular complexity index is 818. The molecule has 136 valence electrons. The number of thiophene rings is 1. The van der Waals surface area contributed by atoms with Crippen LogP contribution in [0.4, 0.5) is 10.8 Å². The minimum Gasteiger partial charge on any atom is -0.360 e. The van der Waals surface area contributed by atoms with Gasteiger partial charge in [-0.3, -0.25) is 4.79 Å². The van der Waals surface area contributed by atoms with Crippen LogP contribution in [-0.4, -0.2) is 34.7 Å². The lowest BCUT2D eigenvalue weighted by Gasteiger charge is -2.04. The fourth-order valence-corrected chi connectivity index (χ4v) is 4.78. The first-order valence-corrected chi connectivity index (χ1v) is 11.8. The summed E-state index contributed by atoms with van der Waals surface area (Å²) in [6, 6.07) is 12.0. The fourth-order valence-electron chi connectivity index (χ4n) is 2.09. The van der Waals surface area contributed by atoms with E-state index >= 15 is 0 Å². The van der Waals surface area contributed by atoms with Gasteiger partial charge in [-0.25, -0.2) is 0 Å². The summed E-state index contributed by atoms with van der Waals surface area (Å²) in [4.78, 5) is 14.6. The van der Waals surface area contributed by atoms with Crippen molar-refractivity contribution in [3.8, 4) is 0 Å². The number of rotatable bonds is 9. The van der Waals surface area contributed by atoms with Gasteiger partial charge in [0.1, 0.15) is 0 Å². The van der Waals surface area contributed by atoms with Crippen LogP contribution in [0.25, 0.3) is 0 Å². The maximum absolute atomic E-state index is 12.1. The van der Waals surface area contributed by atoms with Crippen molar-refractivity contribution in [3.63, 3.8) is 0 Å². The maximum Gasteiger partial charge on any atom is 0.234 e. The molecule has 2 N–H and O–H groups in total. The largest absolute Gasteiger partial charge is 0.360 e. The van der Waals surface area contributed by atoms with Gasteiger partial charge in [0.25, 0.3) is 0 Å². The van der Waals surface area contributed by atoms with E-state index in [1.165, 1.54) is 32.9 Å². The second-order valence-electron chi connectivity index (χ2n) is 5.19. The number of hydrogen-bond donors (Lipinski definition) is 2. The summed E-state index contributed by atoms with van der Waals surface area (Å²) in [5, 5.41) is 17.3. The molecule has 0 aliphatic rings. The van der Waals surface area contributed by atoms with E-state index in [1.807, 2.05) is 30.5 Å². The summed E-state index contributed by atoms with van der Waals surface area (Å²) in [7, 11) is 0. The molecular weight excluding hydrogens is 404 g/mol. The lowest BCUT2D eigenvalue weighted by Crippen LogP contribution is -2.13. The monoisotopic (exact) mass is 422 g/mol. The van der Waals surface area contributed by atoms with Crippen molar-refractivity contribution in [1.29, 1.82) is 0 Å². The highest BCUT2D eigenvalue weighted by Crippen LogP contribution is 2.26. The van der Waals surface area contributed by atoms with Gasteiger partial charge >= 0.3 is 0 Å². The van der Waals surface area contributed by atoms with Gasteiger partial charge in [0, 0.05) is 22.0 Å². The van der Waals surface area contributed by atoms with E-state index in [2.05, 4.69) is 38.3 Å². The van der Waals surface area contributed by atoms with E-state index in [-0.39, 0.29) is 5.91 Å². The Morgan fingerprint density at radius 2 is 2.04 bits per heavy atom. The first-order chi connectivity index (χ1) is 12.7. The number of amides is 1. The number of nitrogens with zero attached hydrogens (tertiary/aromatic N) is 2. The van der Waals surface area contributed by atoms with Gasteiger partial charge in [0.05, 0.1) is 5.75 Å². The summed E-state index contributed by atoms with van der Waals surface area (Å²) in [5.41, 5.74) is 0.807. The third-order valence-corrected chi connectivity index (χ3v) is 7.03. The second kappa shape index (κ2) is 9.96. The second-order valence-corrected chi connectivity index (χ2v) is 9.31. The zero-order valence-electron chi connectivity index (χ0n) is 14.1. The summed E-state index contributed by atoms with van der Waals surface area (Å²) >= 11 is 6.30. The number of nitrogens with one attached hydrogen (secondary N) is 2. The minimum atomic E-state index is -0.0469. The Kier molecular flexibility index (Phi) is 7.36. The molecule has 0 aliphatic carbocycles. The van der Waals surface area contributed by atoms with Crippen LogP contribution < -0.4 is 10.6 Å². The predicted molar refractivity (Wildman–Crippen MR) is 114 cm³/mol. The van der Waals surface area contributed by atoms with Crippen molar-refractivity contribution in [2.45, 2.75) is 15.7 Å². The number of carbonyl (C=O) groups is 1. The molecule has 1 amide bonds. The fraction of sp³-hybridized carbons (Fsp3) is 0.235. The number of benzene rings is 1. The van der Waals surface area contributed by atoms with Crippen LogP contribution in [0.15, 0.2) is 51.0 Å². The zero-order chi connectivity index (χ0) is 18.2. The van der Waals surface area contributed by atoms with Gasteiger partial charge in [-0.1, -0.05) is 29.2 Å². The lowest BCUT2D eigenvalue weighted by atomic mass is 10.3. The maximum atomic E-state index is 12.1. The Hall–Kier alpha value is -1.55. The molecule has 0 unspecified atom stereocenters. The van der Waals surface area contributed by atoms with Crippen molar-refractivity contribution in [2.75, 3.05) is 29.2 Å². The predicted octanol–water partition coefficient (Wildman–Crippen LogP) is 4.71. The normalized spacial score (nSPS) is 10.7. The van der Waals surface area contributed by atoms with Crippen LogP contribution in [0.3, 0.4) is 0 Å². The number of anilines is 2. The summed E-state index contributed by atoms with van der Waals surface area (Å²) in [5.74, 6) is 0.267. The molecule has 2 aromatic heterocycles. The van der Waals surface area contributed by atoms with Crippen molar-refractivity contribution < 1.29 is 4.79 Å². The standard InChI is InChI=1S/C17H18N4OS4/c1-23-13-6-4-12(5-7-13)19-15(22)11-25-17-21-20-16(26-17)18-9-8-14-3-2-10-24-14/h2-7,10H,8-9,11H2,1H3,(H,18,20)(H,19,22). The Balaban J connectivity index is 1.39. The quantitative estimate of drug-likeness (QED) is 0.487. The third-order valence-electron chi connectivity index (χ3n) is 3.33. The van der Waals surface area contributed by atoms with Crippen molar-refractivity contribution in [2.24, 2.45) is 0 Å². The molecule has 0 atom stereocenters. The first kappa shape index (κ1) is 19.2. The van der Waals surface area contributed by atoms with Crippen LogP contribution in [0.1, 0.15) is 4.88 Å². The number of hydrogen-bond acceptors (Lipinski definition) is 8. The van der Waals surface area contributed by atoms with Crippen molar-refractivity contribution in [1.82, 2.24) is 10.2 Å². The average Bonchev–Trinajstić information content (AvgIpc) is 3.33. The topological polar surface area (TPSA) is 66.9 Å². The molecule has 3 rings (SSSR count). The van der Waals surface area contributed by atoms with Crippen LogP contribution in [-0.2, 0) is 11.2 Å². The van der Waals surface area contributed by atoms with Gasteiger partial charge in [-0.05, 0) is 48.4 Å². The molecule has 0 fully saturated rings. The van der Waals surface area contributed by atoms with Gasteiger partial charge < -0.3 is 10.6 Å². The van der Waals surface area contributed by atoms with E-state index in [0.717, 1.165) is 28.1 Å². The summed E-state index contributed by atoms with van der Waals surface area (Å²) in [6.07, 6.45) is 3.00. The number of thioether (sulfide) groups is 2. The molecule has 0 radical (unpaired) electrons. The molecule has 3 aromatic rings. The van der Waals surface area contributed by atoms with Crippen molar-refractivity contribution >= 4 is 62.9 Å². The molecule has 2 heterocycles. The summed E-state index contributed by atoms with van der Waals surface area (Å²) in [6.45, 7) is 0.826. The smallest absolute Gasteiger partial charge is 0.234 e. The van der Waals surface area contributed by atoms with Crippen LogP contribution in [0.2, 0.25) is 0 Å². The zero-order valence-corrected chi connectivity index (χ0v) is 17.4. The minimum absolute atomic E-state index is 0.0469. The van der Waals surface area contributed by atoms with E-state index in [9.17, 15) is 4.79 Å². The van der Waals surface area contributed by atoms with E-state index < -0.39 is 0 Å². The Labute approximate surface area is 169 Å². The number of aromatic nitrogens is 2. The van der Waals surface area contributed by atoms with Gasteiger partial charge in [-0.15, -0.1) is 33.3 Å². The Morgan fingerprint density at radius 1 is 1.19 bits per heavy atom. The highest BCUT2D eigenvalue weighted by Gasteiger charge is 2.08. The lowest BCUT2D eigenvalue weighted by molar-refractivity contribution is -0.113. The van der Waals surface area contributed by atoms with Crippen LogP contribution in [0.5, 0.6) is 0 Å². The molecule has 0 aliphatic heterocycles. The molecule has 5 nitrogen and oxygen atoms in total. The van der Waals surface area contributed by atoms with Gasteiger partial charge in [0.2, 0.25) is 11.0 Å². The molecular formula is C17H18N4OS4. The average molecular weight is 423 g/mol. The van der Waals surface area contributed by atoms with Crippen LogP contribution in [0, 0.1) is 0 Å². The van der Waals surface area contributed by atoms with E-state index in [4.69, 9.17) is 0 Å². The Morgan fingerprint density at radius 3 is 2.77 bits per heavy atom. The highest BCUT2D eigenvalue weighted by molar-refractivity contribution is 8.01. The van der Waals surface area contributed by atoms with Crippen molar-refractivity contribution in [3.05, 3.63) is 46.7 Å². The van der Waals surface area contributed by atoms with Crippen LogP contribution >= 0.6 is 46.2 Å². The number of carbonyl (C=O) groups excluding carboxylic acids is 1. The highest BCUT2D eigenvalue weighted by atomic mass is 32.2. The molecule has 26 heavy (non-hydrogen) atoms. The molecule has 0 spiro atoms. The summed E-state index contributed by atoms with van der Waals surface area (Å²) < 4.78 is 0.788. The molecule has 0 saturated carbocycles. The van der Waals surface area contributed by atoms with E-state index in [0.29, 0.717) is 5.75 Å². The molecule has 9 heteroatoms. The van der Waals surface area contributed by atoms with Gasteiger partial charge in [-0.2, -0.15) is 0 Å². The SMILES string of the molecule is CSc1ccc(NC(=O)CSc2nnc(NCCc3cccs3)s2)cc1. The van der Waals surface area contributed by atoms with Gasteiger partial charge in [0.15, 0.2) is 4.34 Å². The molecule has 1 aromatic carbocycles. The van der Waals surface area contributed by atoms with E-state index in [1.54, 1.807) is 23.1 Å². The molecule has 0 saturated heterocycles. The molecule has 0 bridgehead atoms. The first-order valence-electron chi connectivity index (χ1n) is 7.89. The third kappa shape index (κ3) is 6.01.